The van der Waals surface area contributed by atoms with E-state index >= 15 is 0 Å². The molecule has 2 rings (SSSR count). The van der Waals surface area contributed by atoms with E-state index in [0.717, 1.165) is 0 Å². The van der Waals surface area contributed by atoms with Gasteiger partial charge in [0, 0.05) is 12.6 Å². The van der Waals surface area contributed by atoms with E-state index in [0.29, 0.717) is 17.8 Å². The maximum absolute atomic E-state index is 12.4. The summed E-state index contributed by atoms with van der Waals surface area (Å²) in [6, 6.07) is 4.85. The van der Waals surface area contributed by atoms with Gasteiger partial charge in [0.05, 0.1) is 4.90 Å². The van der Waals surface area contributed by atoms with Gasteiger partial charge < -0.3 is 5.11 Å². The molecule has 124 valence electrons. The van der Waals surface area contributed by atoms with Crippen LogP contribution in [0, 0.1) is 0 Å². The number of rotatable bonds is 7. The maximum Gasteiger partial charge on any atom is 0.321 e. The van der Waals surface area contributed by atoms with Gasteiger partial charge in [0.1, 0.15) is 6.04 Å². The van der Waals surface area contributed by atoms with Crippen LogP contribution in [-0.4, -0.2) is 45.7 Å². The third-order valence-electron chi connectivity index (χ3n) is 3.20. The summed E-state index contributed by atoms with van der Waals surface area (Å²) in [6.45, 7) is 1.78. The molecule has 0 bridgehead atoms. The van der Waals surface area contributed by atoms with Gasteiger partial charge in [0.25, 0.3) is 0 Å². The Balaban J connectivity index is 2.33. The first-order valence-corrected chi connectivity index (χ1v) is 8.41. The number of aliphatic carboxylic acids is 1. The second-order valence-corrected chi connectivity index (χ2v) is 6.67. The number of hydrogen-bond donors (Lipinski definition) is 2. The topological polar surface area (TPSA) is 127 Å². The van der Waals surface area contributed by atoms with Crippen molar-refractivity contribution in [3.05, 3.63) is 24.3 Å². The number of nitrogens with one attached hydrogen (secondary N) is 1. The van der Waals surface area contributed by atoms with Gasteiger partial charge in [-0.2, -0.15) is 4.72 Å². The highest BCUT2D eigenvalue weighted by Crippen LogP contribution is 2.20. The smallest absolute Gasteiger partial charge is 0.321 e. The van der Waals surface area contributed by atoms with Crippen LogP contribution in [0.4, 0.5) is 0 Å². The van der Waals surface area contributed by atoms with E-state index in [1.165, 1.54) is 16.8 Å². The number of carboxylic acids is 1. The molecule has 1 unspecified atom stereocenters. The van der Waals surface area contributed by atoms with Crippen molar-refractivity contribution in [1.29, 1.82) is 0 Å². The van der Waals surface area contributed by atoms with Gasteiger partial charge in [-0.05, 0) is 29.0 Å². The van der Waals surface area contributed by atoms with E-state index in [1.54, 1.807) is 26.1 Å². The summed E-state index contributed by atoms with van der Waals surface area (Å²) < 4.78 is 28.4. The first-order valence-electron chi connectivity index (χ1n) is 6.93. The minimum absolute atomic E-state index is 0.0413. The minimum Gasteiger partial charge on any atom is -0.480 e. The zero-order chi connectivity index (χ0) is 17.0. The second-order valence-electron chi connectivity index (χ2n) is 4.95. The third kappa shape index (κ3) is 3.90. The summed E-state index contributed by atoms with van der Waals surface area (Å²) >= 11 is 0. The molecular formula is C13H17N5O4S. The highest BCUT2D eigenvalue weighted by atomic mass is 32.2. The Morgan fingerprint density at radius 1 is 1.43 bits per heavy atom. The molecule has 1 atom stereocenters. The molecule has 1 aromatic carbocycles. The SMILES string of the molecule is CCCC(NS(=O)(=O)c1cccc(-c2nnnn2C)c1)C(=O)O. The fourth-order valence-corrected chi connectivity index (χ4v) is 3.32. The number of tetrazole rings is 1. The zero-order valence-corrected chi connectivity index (χ0v) is 13.5. The highest BCUT2D eigenvalue weighted by molar-refractivity contribution is 7.89. The predicted molar refractivity (Wildman–Crippen MR) is 80.9 cm³/mol. The molecular weight excluding hydrogens is 322 g/mol. The van der Waals surface area contributed by atoms with Gasteiger partial charge in [0.15, 0.2) is 5.82 Å². The Labute approximate surface area is 133 Å². The lowest BCUT2D eigenvalue weighted by Gasteiger charge is -2.14. The van der Waals surface area contributed by atoms with Crippen molar-refractivity contribution in [3.63, 3.8) is 0 Å². The molecule has 0 aliphatic carbocycles. The monoisotopic (exact) mass is 339 g/mol. The van der Waals surface area contributed by atoms with Crippen molar-refractivity contribution in [2.45, 2.75) is 30.7 Å². The van der Waals surface area contributed by atoms with E-state index in [9.17, 15) is 13.2 Å². The average molecular weight is 339 g/mol. The van der Waals surface area contributed by atoms with Crippen LogP contribution in [0.5, 0.6) is 0 Å². The molecule has 0 radical (unpaired) electrons. The third-order valence-corrected chi connectivity index (χ3v) is 4.66. The van der Waals surface area contributed by atoms with Crippen LogP contribution in [-0.2, 0) is 21.9 Å². The van der Waals surface area contributed by atoms with Crippen LogP contribution in [0.1, 0.15) is 19.8 Å². The van der Waals surface area contributed by atoms with Gasteiger partial charge in [-0.15, -0.1) is 5.10 Å². The molecule has 2 N–H and O–H groups in total. The summed E-state index contributed by atoms with van der Waals surface area (Å²) in [5.41, 5.74) is 0.516. The second kappa shape index (κ2) is 6.84. The summed E-state index contributed by atoms with van der Waals surface area (Å²) in [5.74, 6) is -0.797. The average Bonchev–Trinajstić information content (AvgIpc) is 2.93. The van der Waals surface area contributed by atoms with E-state index in [2.05, 4.69) is 20.2 Å². The zero-order valence-electron chi connectivity index (χ0n) is 12.7. The molecule has 1 aromatic heterocycles. The quantitative estimate of drug-likeness (QED) is 0.747. The fourth-order valence-electron chi connectivity index (χ4n) is 2.05. The first kappa shape index (κ1) is 17.0. The Kier molecular flexibility index (Phi) is 5.06. The van der Waals surface area contributed by atoms with E-state index in [1.807, 2.05) is 0 Å². The summed E-state index contributed by atoms with van der Waals surface area (Å²) in [5, 5.41) is 20.1. The lowest BCUT2D eigenvalue weighted by molar-refractivity contribution is -0.139. The molecule has 10 heteroatoms. The minimum atomic E-state index is -3.96. The Morgan fingerprint density at radius 3 is 2.74 bits per heavy atom. The van der Waals surface area contributed by atoms with Crippen LogP contribution in [0.2, 0.25) is 0 Å². The molecule has 1 heterocycles. The molecule has 0 aliphatic heterocycles. The van der Waals surface area contributed by atoms with Crippen LogP contribution in [0.25, 0.3) is 11.4 Å². The molecule has 9 nitrogen and oxygen atoms in total. The standard InChI is InChI=1S/C13H17N5O4S/c1-3-5-11(13(19)20)15-23(21,22)10-7-4-6-9(8-10)12-14-16-17-18(12)2/h4,6-8,11,15H,3,5H2,1-2H3,(H,19,20). The molecule has 0 saturated heterocycles. The van der Waals surface area contributed by atoms with Crippen molar-refractivity contribution in [3.8, 4) is 11.4 Å². The molecule has 0 amide bonds. The fraction of sp³-hybridized carbons (Fsp3) is 0.385. The first-order chi connectivity index (χ1) is 10.8. The Bertz CT molecular complexity index is 802. The number of carboxylic acid groups (broad SMARTS) is 1. The molecule has 0 fully saturated rings. The Morgan fingerprint density at radius 2 is 2.17 bits per heavy atom. The van der Waals surface area contributed by atoms with Crippen molar-refractivity contribution in [1.82, 2.24) is 24.9 Å². The molecule has 0 saturated carbocycles. The van der Waals surface area contributed by atoms with Gasteiger partial charge in [0.2, 0.25) is 10.0 Å². The van der Waals surface area contributed by atoms with Gasteiger partial charge in [-0.1, -0.05) is 25.5 Å². The van der Waals surface area contributed by atoms with Crippen molar-refractivity contribution >= 4 is 16.0 Å². The molecule has 0 aliphatic rings. The molecule has 0 spiro atoms. The number of sulfonamides is 1. The van der Waals surface area contributed by atoms with E-state index in [4.69, 9.17) is 5.11 Å². The summed E-state index contributed by atoms with van der Waals surface area (Å²) in [6.07, 6.45) is 0.756. The largest absolute Gasteiger partial charge is 0.480 e. The summed E-state index contributed by atoms with van der Waals surface area (Å²) in [7, 11) is -2.33. The van der Waals surface area contributed by atoms with Crippen LogP contribution in [0.15, 0.2) is 29.2 Å². The number of aryl methyl sites for hydroxylation is 1. The van der Waals surface area contributed by atoms with Crippen LogP contribution < -0.4 is 4.72 Å². The number of aromatic nitrogens is 4. The van der Waals surface area contributed by atoms with Crippen molar-refractivity contribution in [2.24, 2.45) is 7.05 Å². The van der Waals surface area contributed by atoms with Gasteiger partial charge >= 0.3 is 5.97 Å². The number of hydrogen-bond acceptors (Lipinski definition) is 6. The molecule has 2 aromatic rings. The molecule has 23 heavy (non-hydrogen) atoms. The number of nitrogens with zero attached hydrogens (tertiary/aromatic N) is 4. The van der Waals surface area contributed by atoms with Crippen molar-refractivity contribution < 1.29 is 18.3 Å². The van der Waals surface area contributed by atoms with E-state index < -0.39 is 22.0 Å². The Hall–Kier alpha value is -2.33. The highest BCUT2D eigenvalue weighted by Gasteiger charge is 2.25. The normalized spacial score (nSPS) is 13.0. The number of benzene rings is 1. The van der Waals surface area contributed by atoms with Gasteiger partial charge in [-0.3, -0.25) is 4.79 Å². The van der Waals surface area contributed by atoms with Crippen molar-refractivity contribution in [2.75, 3.05) is 0 Å². The lowest BCUT2D eigenvalue weighted by atomic mass is 10.2. The predicted octanol–water partition coefficient (Wildman–Crippen LogP) is 0.409. The number of carbonyl (C=O) groups is 1. The van der Waals surface area contributed by atoms with Crippen LogP contribution >= 0.6 is 0 Å². The lowest BCUT2D eigenvalue weighted by Crippen LogP contribution is -2.40. The van der Waals surface area contributed by atoms with Gasteiger partial charge in [-0.25, -0.2) is 13.1 Å². The maximum atomic E-state index is 12.4. The van der Waals surface area contributed by atoms with E-state index in [-0.39, 0.29) is 11.3 Å². The van der Waals surface area contributed by atoms with Crippen LogP contribution in [0.3, 0.4) is 0 Å². The summed E-state index contributed by atoms with van der Waals surface area (Å²) in [4.78, 5) is 11.1.